The van der Waals surface area contributed by atoms with Crippen LogP contribution in [0, 0.1) is 0 Å². The Morgan fingerprint density at radius 1 is 1.00 bits per heavy atom. The van der Waals surface area contributed by atoms with Crippen LogP contribution in [0.1, 0.15) is 18.4 Å². The fraction of sp³-hybridized carbons (Fsp3) is 0.263. The quantitative estimate of drug-likeness (QED) is 0.466. The molecule has 0 heterocycles. The van der Waals surface area contributed by atoms with Gasteiger partial charge in [0.1, 0.15) is 0 Å². The molecule has 1 aromatic rings. The molecule has 1 aromatic carbocycles. The summed E-state index contributed by atoms with van der Waals surface area (Å²) in [6, 6.07) is 10.7. The lowest BCUT2D eigenvalue weighted by atomic mass is 9.90. The summed E-state index contributed by atoms with van der Waals surface area (Å²) in [5.41, 5.74) is 6.06. The van der Waals surface area contributed by atoms with Gasteiger partial charge in [0.15, 0.2) is 7.38 Å². The third-order valence-electron chi connectivity index (χ3n) is 4.35. The fourth-order valence-corrected chi connectivity index (χ4v) is 6.62. The third kappa shape index (κ3) is 2.73. The van der Waals surface area contributed by atoms with E-state index in [1.165, 1.54) is 22.3 Å². The Morgan fingerprint density at radius 3 is 2.38 bits per heavy atom. The van der Waals surface area contributed by atoms with E-state index < -0.39 is 7.38 Å². The van der Waals surface area contributed by atoms with E-state index in [0.717, 1.165) is 0 Å². The highest BCUT2D eigenvalue weighted by atomic mass is 35.6. The van der Waals surface area contributed by atoms with E-state index in [4.69, 9.17) is 11.1 Å². The Hall–Kier alpha value is -1.31. The lowest BCUT2D eigenvalue weighted by molar-refractivity contribution is 1.02. The van der Waals surface area contributed by atoms with Crippen molar-refractivity contribution in [1.82, 2.24) is 0 Å². The standard InChI is InChI=1S/C19H21ClSi/c1-14-13-18-16(15-9-5-4-6-10-15)11-7-8-12-17(18)19(14)21(2,3)20/h4-13,16,19H,1-3H3. The van der Waals surface area contributed by atoms with Gasteiger partial charge in [0.25, 0.3) is 0 Å². The molecule has 2 aliphatic carbocycles. The van der Waals surface area contributed by atoms with Crippen LogP contribution in [0.5, 0.6) is 0 Å². The molecule has 108 valence electrons. The minimum atomic E-state index is -1.78. The van der Waals surface area contributed by atoms with Crippen molar-refractivity contribution in [1.29, 1.82) is 0 Å². The molecule has 0 bridgehead atoms. The van der Waals surface area contributed by atoms with Gasteiger partial charge in [-0.05, 0) is 23.6 Å². The van der Waals surface area contributed by atoms with E-state index in [1.54, 1.807) is 0 Å². The normalized spacial score (nSPS) is 24.9. The van der Waals surface area contributed by atoms with Gasteiger partial charge in [-0.3, -0.25) is 0 Å². The Labute approximate surface area is 133 Å². The topological polar surface area (TPSA) is 0 Å². The van der Waals surface area contributed by atoms with Crippen LogP contribution < -0.4 is 0 Å². The zero-order valence-electron chi connectivity index (χ0n) is 12.8. The van der Waals surface area contributed by atoms with Crippen LogP contribution in [0.15, 0.2) is 77.4 Å². The Balaban J connectivity index is 2.11. The van der Waals surface area contributed by atoms with Crippen LogP contribution in [0.25, 0.3) is 0 Å². The molecule has 0 spiro atoms. The number of allylic oxidation sites excluding steroid dienone is 8. The van der Waals surface area contributed by atoms with Gasteiger partial charge in [0.05, 0.1) is 0 Å². The minimum Gasteiger partial charge on any atom is -0.167 e. The first-order valence-electron chi connectivity index (χ1n) is 7.49. The number of hydrogen-bond acceptors (Lipinski definition) is 0. The fourth-order valence-electron chi connectivity index (χ4n) is 3.59. The van der Waals surface area contributed by atoms with E-state index in [1.807, 2.05) is 0 Å². The Morgan fingerprint density at radius 2 is 1.71 bits per heavy atom. The molecule has 0 amide bonds. The van der Waals surface area contributed by atoms with Crippen LogP contribution in [-0.4, -0.2) is 7.38 Å². The van der Waals surface area contributed by atoms with Gasteiger partial charge in [0, 0.05) is 11.5 Å². The van der Waals surface area contributed by atoms with Gasteiger partial charge in [0.2, 0.25) is 0 Å². The van der Waals surface area contributed by atoms with E-state index in [9.17, 15) is 0 Å². The van der Waals surface area contributed by atoms with Gasteiger partial charge in [-0.2, -0.15) is 11.1 Å². The van der Waals surface area contributed by atoms with E-state index in [2.05, 4.69) is 80.7 Å². The summed E-state index contributed by atoms with van der Waals surface area (Å²) in [6.45, 7) is 6.72. The van der Waals surface area contributed by atoms with Crippen molar-refractivity contribution >= 4 is 18.5 Å². The lowest BCUT2D eigenvalue weighted by Gasteiger charge is -2.26. The number of hydrogen-bond donors (Lipinski definition) is 0. The molecule has 21 heavy (non-hydrogen) atoms. The molecular formula is C19H21ClSi. The summed E-state index contributed by atoms with van der Waals surface area (Å²) in [6.07, 6.45) is 11.3. The number of benzene rings is 1. The smallest absolute Gasteiger partial charge is 0.161 e. The van der Waals surface area contributed by atoms with Crippen LogP contribution in [0.2, 0.25) is 18.6 Å². The molecule has 0 fully saturated rings. The highest BCUT2D eigenvalue weighted by Gasteiger charge is 2.39. The van der Waals surface area contributed by atoms with Crippen molar-refractivity contribution in [2.45, 2.75) is 31.5 Å². The van der Waals surface area contributed by atoms with E-state index in [-0.39, 0.29) is 0 Å². The zero-order chi connectivity index (χ0) is 15.0. The lowest BCUT2D eigenvalue weighted by Crippen LogP contribution is -2.26. The first-order chi connectivity index (χ1) is 9.98. The average Bonchev–Trinajstić information content (AvgIpc) is 2.63. The summed E-state index contributed by atoms with van der Waals surface area (Å²) in [5.74, 6) is 0.337. The van der Waals surface area contributed by atoms with Crippen molar-refractivity contribution in [3.8, 4) is 0 Å². The maximum atomic E-state index is 6.81. The first-order valence-corrected chi connectivity index (χ1v) is 11.6. The molecule has 2 heteroatoms. The molecule has 0 nitrogen and oxygen atoms in total. The van der Waals surface area contributed by atoms with Crippen LogP contribution >= 0.6 is 11.1 Å². The summed E-state index contributed by atoms with van der Waals surface area (Å²) in [7, 11) is -1.78. The SMILES string of the molecule is CC1=CC2=C(C=CC=CC2c2ccccc2)C1[Si](C)(C)Cl. The summed E-state index contributed by atoms with van der Waals surface area (Å²) >= 11 is 6.81. The van der Waals surface area contributed by atoms with Crippen molar-refractivity contribution in [2.24, 2.45) is 0 Å². The molecule has 2 atom stereocenters. The highest BCUT2D eigenvalue weighted by molar-refractivity contribution is 7.20. The molecule has 0 N–H and O–H groups in total. The monoisotopic (exact) mass is 312 g/mol. The van der Waals surface area contributed by atoms with Gasteiger partial charge in [-0.1, -0.05) is 79.4 Å². The zero-order valence-corrected chi connectivity index (χ0v) is 14.6. The first kappa shape index (κ1) is 14.6. The summed E-state index contributed by atoms with van der Waals surface area (Å²) < 4.78 is 0. The van der Waals surface area contributed by atoms with Crippen molar-refractivity contribution in [2.75, 3.05) is 0 Å². The van der Waals surface area contributed by atoms with Crippen LogP contribution in [0.4, 0.5) is 0 Å². The molecular weight excluding hydrogens is 292 g/mol. The third-order valence-corrected chi connectivity index (χ3v) is 7.15. The molecule has 0 aliphatic heterocycles. The second kappa shape index (κ2) is 5.47. The molecule has 0 aromatic heterocycles. The van der Waals surface area contributed by atoms with Crippen molar-refractivity contribution in [3.05, 3.63) is 83.0 Å². The van der Waals surface area contributed by atoms with Crippen LogP contribution in [0.3, 0.4) is 0 Å². The average molecular weight is 313 g/mol. The molecule has 0 saturated heterocycles. The Bertz CT molecular complexity index is 657. The molecule has 2 aliphatic rings. The Kier molecular flexibility index (Phi) is 3.81. The maximum Gasteiger partial charge on any atom is 0.161 e. The second-order valence-corrected chi connectivity index (χ2v) is 13.1. The van der Waals surface area contributed by atoms with Gasteiger partial charge in [-0.15, -0.1) is 0 Å². The van der Waals surface area contributed by atoms with Gasteiger partial charge in [-0.25, -0.2) is 0 Å². The van der Waals surface area contributed by atoms with Crippen molar-refractivity contribution < 1.29 is 0 Å². The summed E-state index contributed by atoms with van der Waals surface area (Å²) in [4.78, 5) is 0. The summed E-state index contributed by atoms with van der Waals surface area (Å²) in [5, 5.41) is 0. The van der Waals surface area contributed by atoms with E-state index in [0.29, 0.717) is 11.5 Å². The predicted molar refractivity (Wildman–Crippen MR) is 95.3 cm³/mol. The number of halogens is 1. The molecule has 0 saturated carbocycles. The predicted octanol–water partition coefficient (Wildman–Crippen LogP) is 5.97. The highest BCUT2D eigenvalue weighted by Crippen LogP contribution is 2.49. The molecule has 2 unspecified atom stereocenters. The van der Waals surface area contributed by atoms with Crippen LogP contribution in [-0.2, 0) is 0 Å². The minimum absolute atomic E-state index is 0.337. The van der Waals surface area contributed by atoms with E-state index >= 15 is 0 Å². The van der Waals surface area contributed by atoms with Gasteiger partial charge >= 0.3 is 0 Å². The van der Waals surface area contributed by atoms with Gasteiger partial charge < -0.3 is 0 Å². The molecule has 0 radical (unpaired) electrons. The second-order valence-electron chi connectivity index (χ2n) is 6.43. The largest absolute Gasteiger partial charge is 0.167 e. The maximum absolute atomic E-state index is 6.81. The van der Waals surface area contributed by atoms with Crippen molar-refractivity contribution in [3.63, 3.8) is 0 Å². The number of rotatable bonds is 2. The molecule has 3 rings (SSSR count).